The molecule has 0 N–H and O–H groups in total. The SMILES string of the molecule is Cc1cc(C)c2c(=O)c3c(oc2c1)C(=O)N(Cc1ccco1)C3c1ccc(C(C)C)cc1. The number of benzene rings is 2. The Morgan fingerprint density at radius 2 is 1.78 bits per heavy atom. The van der Waals surface area contributed by atoms with E-state index in [0.717, 1.165) is 16.7 Å². The molecular weight excluding hydrogens is 402 g/mol. The molecule has 0 radical (unpaired) electrons. The van der Waals surface area contributed by atoms with Crippen LogP contribution in [0.3, 0.4) is 0 Å². The van der Waals surface area contributed by atoms with Gasteiger partial charge in [-0.2, -0.15) is 0 Å². The molecule has 1 aliphatic rings. The van der Waals surface area contributed by atoms with Crippen molar-refractivity contribution in [2.45, 2.75) is 46.2 Å². The van der Waals surface area contributed by atoms with Crippen molar-refractivity contribution >= 4 is 16.9 Å². The molecule has 1 amide bonds. The first-order valence-corrected chi connectivity index (χ1v) is 10.9. The molecule has 0 fully saturated rings. The average molecular weight is 428 g/mol. The molecule has 1 atom stereocenters. The molecule has 32 heavy (non-hydrogen) atoms. The Morgan fingerprint density at radius 1 is 1.03 bits per heavy atom. The van der Waals surface area contributed by atoms with Crippen molar-refractivity contribution in [2.75, 3.05) is 0 Å². The van der Waals surface area contributed by atoms with Crippen LogP contribution in [0.5, 0.6) is 0 Å². The summed E-state index contributed by atoms with van der Waals surface area (Å²) in [5.41, 5.74) is 4.62. The molecule has 0 saturated carbocycles. The first kappa shape index (κ1) is 20.3. The van der Waals surface area contributed by atoms with Crippen LogP contribution in [-0.4, -0.2) is 10.8 Å². The average Bonchev–Trinajstić information content (AvgIpc) is 3.35. The first-order chi connectivity index (χ1) is 15.3. The van der Waals surface area contributed by atoms with Gasteiger partial charge >= 0.3 is 0 Å². The molecule has 162 valence electrons. The van der Waals surface area contributed by atoms with Gasteiger partial charge in [0.05, 0.1) is 29.8 Å². The minimum Gasteiger partial charge on any atom is -0.467 e. The summed E-state index contributed by atoms with van der Waals surface area (Å²) >= 11 is 0. The number of rotatable bonds is 4. The number of hydrogen-bond donors (Lipinski definition) is 0. The lowest BCUT2D eigenvalue weighted by Gasteiger charge is -2.24. The second-order valence-electron chi connectivity index (χ2n) is 8.87. The fourth-order valence-corrected chi connectivity index (χ4v) is 4.66. The third-order valence-electron chi connectivity index (χ3n) is 6.24. The minimum absolute atomic E-state index is 0.122. The van der Waals surface area contributed by atoms with Crippen LogP contribution < -0.4 is 5.43 Å². The van der Waals surface area contributed by atoms with Crippen molar-refractivity contribution in [1.29, 1.82) is 0 Å². The van der Waals surface area contributed by atoms with Crippen LogP contribution in [0.2, 0.25) is 0 Å². The third-order valence-corrected chi connectivity index (χ3v) is 6.24. The number of nitrogens with zero attached hydrogens (tertiary/aromatic N) is 1. The van der Waals surface area contributed by atoms with Gasteiger partial charge in [-0.05, 0) is 60.2 Å². The highest BCUT2D eigenvalue weighted by Crippen LogP contribution is 2.40. The zero-order chi connectivity index (χ0) is 22.6. The van der Waals surface area contributed by atoms with Crippen molar-refractivity contribution in [1.82, 2.24) is 4.90 Å². The lowest BCUT2D eigenvalue weighted by atomic mass is 9.94. The summed E-state index contributed by atoms with van der Waals surface area (Å²) in [4.78, 5) is 28.9. The van der Waals surface area contributed by atoms with Gasteiger partial charge in [0.15, 0.2) is 5.43 Å². The maximum Gasteiger partial charge on any atom is 0.291 e. The molecule has 3 heterocycles. The van der Waals surface area contributed by atoms with E-state index in [0.29, 0.717) is 28.2 Å². The topological polar surface area (TPSA) is 63.7 Å². The van der Waals surface area contributed by atoms with Crippen molar-refractivity contribution in [2.24, 2.45) is 0 Å². The van der Waals surface area contributed by atoms with Crippen molar-refractivity contribution in [3.63, 3.8) is 0 Å². The quantitative estimate of drug-likeness (QED) is 0.408. The zero-order valence-corrected chi connectivity index (χ0v) is 18.6. The molecule has 5 heteroatoms. The molecule has 0 saturated heterocycles. The lowest BCUT2D eigenvalue weighted by molar-refractivity contribution is 0.0701. The van der Waals surface area contributed by atoms with E-state index in [2.05, 4.69) is 26.0 Å². The van der Waals surface area contributed by atoms with E-state index in [1.165, 1.54) is 5.56 Å². The standard InChI is InChI=1S/C27H25NO4/c1-15(2)18-7-9-19(10-8-18)24-23-25(29)22-17(4)12-16(3)13-21(22)32-26(23)27(30)28(24)14-20-6-5-11-31-20/h5-13,15,24H,14H2,1-4H3. The number of carbonyl (C=O) groups excluding carboxylic acids is 1. The maximum absolute atomic E-state index is 13.7. The molecule has 5 nitrogen and oxygen atoms in total. The molecular formula is C27H25NO4. The molecule has 1 aliphatic heterocycles. The van der Waals surface area contributed by atoms with Crippen LogP contribution in [0.25, 0.3) is 11.0 Å². The highest BCUT2D eigenvalue weighted by molar-refractivity contribution is 5.99. The van der Waals surface area contributed by atoms with E-state index in [1.807, 2.05) is 44.2 Å². The van der Waals surface area contributed by atoms with Gasteiger partial charge < -0.3 is 13.7 Å². The molecule has 2 aromatic carbocycles. The van der Waals surface area contributed by atoms with Crippen LogP contribution in [0.1, 0.15) is 69.9 Å². The van der Waals surface area contributed by atoms with Gasteiger partial charge in [-0.3, -0.25) is 9.59 Å². The van der Waals surface area contributed by atoms with Gasteiger partial charge in [-0.25, -0.2) is 0 Å². The van der Waals surface area contributed by atoms with Crippen LogP contribution in [0.15, 0.2) is 68.4 Å². The van der Waals surface area contributed by atoms with E-state index in [-0.39, 0.29) is 23.6 Å². The summed E-state index contributed by atoms with van der Waals surface area (Å²) in [5.74, 6) is 0.865. The largest absolute Gasteiger partial charge is 0.467 e. The third kappa shape index (κ3) is 3.16. The van der Waals surface area contributed by atoms with Crippen molar-refractivity contribution in [3.8, 4) is 0 Å². The van der Waals surface area contributed by atoms with Gasteiger partial charge in [-0.15, -0.1) is 0 Å². The number of carbonyl (C=O) groups is 1. The summed E-state index contributed by atoms with van der Waals surface area (Å²) in [7, 11) is 0. The molecule has 0 bridgehead atoms. The maximum atomic E-state index is 13.7. The Hall–Kier alpha value is -3.60. The first-order valence-electron chi connectivity index (χ1n) is 10.9. The minimum atomic E-state index is -0.537. The number of fused-ring (bicyclic) bond motifs is 2. The molecule has 0 spiro atoms. The number of amides is 1. The van der Waals surface area contributed by atoms with Gasteiger partial charge in [0.2, 0.25) is 5.76 Å². The molecule has 0 aliphatic carbocycles. The second-order valence-corrected chi connectivity index (χ2v) is 8.87. The fraction of sp³-hybridized carbons (Fsp3) is 0.259. The summed E-state index contributed by atoms with van der Waals surface area (Å²) in [5, 5.41) is 0.533. The molecule has 1 unspecified atom stereocenters. The Labute approximate surface area is 186 Å². The smallest absolute Gasteiger partial charge is 0.291 e. The van der Waals surface area contributed by atoms with Gasteiger partial charge in [0.25, 0.3) is 5.91 Å². The van der Waals surface area contributed by atoms with Crippen molar-refractivity contribution < 1.29 is 13.6 Å². The second kappa shape index (κ2) is 7.52. The van der Waals surface area contributed by atoms with E-state index in [1.54, 1.807) is 17.2 Å². The fourth-order valence-electron chi connectivity index (χ4n) is 4.66. The van der Waals surface area contributed by atoms with E-state index in [9.17, 15) is 9.59 Å². The Balaban J connectivity index is 1.74. The van der Waals surface area contributed by atoms with Gasteiger partial charge in [0.1, 0.15) is 11.3 Å². The van der Waals surface area contributed by atoms with Crippen molar-refractivity contribution in [3.05, 3.63) is 104 Å². The highest BCUT2D eigenvalue weighted by Gasteiger charge is 2.43. The summed E-state index contributed by atoms with van der Waals surface area (Å²) in [6, 6.07) is 15.0. The normalized spacial score (nSPS) is 15.7. The van der Waals surface area contributed by atoms with Crippen LogP contribution in [-0.2, 0) is 6.54 Å². The number of aryl methyl sites for hydroxylation is 2. The summed E-state index contributed by atoms with van der Waals surface area (Å²) in [6.45, 7) is 8.38. The molecule has 4 aromatic rings. The summed E-state index contributed by atoms with van der Waals surface area (Å²) in [6.07, 6.45) is 1.58. The van der Waals surface area contributed by atoms with Crippen LogP contribution in [0.4, 0.5) is 0 Å². The zero-order valence-electron chi connectivity index (χ0n) is 18.6. The van der Waals surface area contributed by atoms with Gasteiger partial charge in [-0.1, -0.05) is 44.2 Å². The molecule has 5 rings (SSSR count). The number of furan rings is 1. The molecule has 2 aromatic heterocycles. The van der Waals surface area contributed by atoms with E-state index < -0.39 is 6.04 Å². The van der Waals surface area contributed by atoms with E-state index in [4.69, 9.17) is 8.83 Å². The van der Waals surface area contributed by atoms with Crippen LogP contribution in [0, 0.1) is 13.8 Å². The lowest BCUT2D eigenvalue weighted by Crippen LogP contribution is -2.29. The Morgan fingerprint density at radius 3 is 2.44 bits per heavy atom. The highest BCUT2D eigenvalue weighted by atomic mass is 16.4. The monoisotopic (exact) mass is 427 g/mol. The predicted octanol–water partition coefficient (Wildman–Crippen LogP) is 5.87. The predicted molar refractivity (Wildman–Crippen MR) is 123 cm³/mol. The van der Waals surface area contributed by atoms with E-state index >= 15 is 0 Å². The van der Waals surface area contributed by atoms with Gasteiger partial charge in [0, 0.05) is 0 Å². The Kier molecular flexibility index (Phi) is 4.77. The van der Waals surface area contributed by atoms with Crippen LogP contribution >= 0.6 is 0 Å². The Bertz CT molecular complexity index is 1380. The summed E-state index contributed by atoms with van der Waals surface area (Å²) < 4.78 is 11.6. The number of hydrogen-bond acceptors (Lipinski definition) is 4.